The van der Waals surface area contributed by atoms with Gasteiger partial charge in [-0.15, -0.1) is 10.2 Å². The summed E-state index contributed by atoms with van der Waals surface area (Å²) in [5.74, 6) is -0.874. The number of hydrogen-bond acceptors (Lipinski definition) is 5. The Balaban J connectivity index is 1.86. The van der Waals surface area contributed by atoms with Crippen molar-refractivity contribution in [3.63, 3.8) is 0 Å². The summed E-state index contributed by atoms with van der Waals surface area (Å²) in [7, 11) is 0. The van der Waals surface area contributed by atoms with Crippen molar-refractivity contribution in [1.82, 2.24) is 10.2 Å². The van der Waals surface area contributed by atoms with Gasteiger partial charge in [0.2, 0.25) is 5.13 Å². The lowest BCUT2D eigenvalue weighted by atomic mass is 10.3. The lowest BCUT2D eigenvalue weighted by Crippen LogP contribution is -2.20. The van der Waals surface area contributed by atoms with Gasteiger partial charge in [-0.3, -0.25) is 10.1 Å². The van der Waals surface area contributed by atoms with Crippen LogP contribution in [0.25, 0.3) is 0 Å². The monoisotopic (exact) mass is 253 g/mol. The molecule has 0 aliphatic rings. The third-order valence-corrected chi connectivity index (χ3v) is 2.41. The summed E-state index contributed by atoms with van der Waals surface area (Å²) in [6, 6.07) is 5.89. The minimum absolute atomic E-state index is 0.0416. The van der Waals surface area contributed by atoms with Crippen LogP contribution in [-0.2, 0) is 4.79 Å². The molecule has 7 heteroatoms. The van der Waals surface area contributed by atoms with Crippen molar-refractivity contribution < 1.29 is 13.9 Å². The number of halogens is 1. The van der Waals surface area contributed by atoms with Gasteiger partial charge in [-0.2, -0.15) is 0 Å². The van der Waals surface area contributed by atoms with Crippen LogP contribution in [0.3, 0.4) is 0 Å². The predicted octanol–water partition coefficient (Wildman–Crippen LogP) is 1.69. The van der Waals surface area contributed by atoms with Crippen LogP contribution in [0.1, 0.15) is 0 Å². The first kappa shape index (κ1) is 11.5. The number of nitrogens with zero attached hydrogens (tertiary/aromatic N) is 2. The molecule has 1 heterocycles. The number of hydrogen-bond donors (Lipinski definition) is 1. The van der Waals surface area contributed by atoms with Crippen LogP contribution in [0.2, 0.25) is 0 Å². The van der Waals surface area contributed by atoms with Crippen molar-refractivity contribution in [2.24, 2.45) is 0 Å². The molecule has 0 saturated heterocycles. The van der Waals surface area contributed by atoms with Gasteiger partial charge in [0.1, 0.15) is 5.51 Å². The van der Waals surface area contributed by atoms with Gasteiger partial charge in [-0.1, -0.05) is 23.5 Å². The number of nitrogens with one attached hydrogen (secondary N) is 1. The fourth-order valence-electron chi connectivity index (χ4n) is 1.09. The van der Waals surface area contributed by atoms with E-state index in [1.165, 1.54) is 29.0 Å². The van der Waals surface area contributed by atoms with Crippen molar-refractivity contribution in [2.45, 2.75) is 0 Å². The summed E-state index contributed by atoms with van der Waals surface area (Å²) in [5, 5.41) is 10.0. The molecule has 1 aromatic carbocycles. The number of anilines is 1. The predicted molar refractivity (Wildman–Crippen MR) is 60.4 cm³/mol. The molecule has 0 fully saturated rings. The first-order valence-electron chi connectivity index (χ1n) is 4.69. The van der Waals surface area contributed by atoms with Crippen LogP contribution in [0.15, 0.2) is 29.8 Å². The van der Waals surface area contributed by atoms with Gasteiger partial charge in [-0.25, -0.2) is 4.39 Å². The van der Waals surface area contributed by atoms with Gasteiger partial charge >= 0.3 is 0 Å². The van der Waals surface area contributed by atoms with Crippen LogP contribution in [0.4, 0.5) is 9.52 Å². The summed E-state index contributed by atoms with van der Waals surface area (Å²) in [5.41, 5.74) is 1.49. The number of rotatable bonds is 4. The minimum Gasteiger partial charge on any atom is -0.481 e. The summed E-state index contributed by atoms with van der Waals surface area (Å²) < 4.78 is 18.2. The van der Waals surface area contributed by atoms with E-state index in [0.29, 0.717) is 5.13 Å². The smallest absolute Gasteiger partial charge is 0.264 e. The third kappa shape index (κ3) is 3.22. The number of benzene rings is 1. The highest BCUT2D eigenvalue weighted by Crippen LogP contribution is 2.15. The second kappa shape index (κ2) is 5.35. The number of para-hydroxylation sites is 1. The van der Waals surface area contributed by atoms with E-state index in [1.807, 2.05) is 0 Å². The second-order valence-corrected chi connectivity index (χ2v) is 3.84. The number of carbonyl (C=O) groups is 1. The van der Waals surface area contributed by atoms with E-state index in [0.717, 1.165) is 0 Å². The molecule has 0 saturated carbocycles. The molecule has 2 aromatic rings. The van der Waals surface area contributed by atoms with E-state index < -0.39 is 11.7 Å². The van der Waals surface area contributed by atoms with Crippen LogP contribution in [-0.4, -0.2) is 22.7 Å². The Bertz CT molecular complexity index is 504. The molecule has 0 aliphatic carbocycles. The second-order valence-electron chi connectivity index (χ2n) is 3.01. The van der Waals surface area contributed by atoms with E-state index in [4.69, 9.17) is 4.74 Å². The maximum atomic E-state index is 13.1. The van der Waals surface area contributed by atoms with E-state index in [-0.39, 0.29) is 12.4 Å². The molecular formula is C10H8FN3O2S. The van der Waals surface area contributed by atoms with Crippen molar-refractivity contribution >= 4 is 22.4 Å². The van der Waals surface area contributed by atoms with Crippen molar-refractivity contribution in [1.29, 1.82) is 0 Å². The molecule has 1 N–H and O–H groups in total. The molecule has 0 bridgehead atoms. The van der Waals surface area contributed by atoms with Crippen LogP contribution >= 0.6 is 11.3 Å². The first-order valence-corrected chi connectivity index (χ1v) is 5.57. The maximum Gasteiger partial charge on any atom is 0.264 e. The molecule has 17 heavy (non-hydrogen) atoms. The van der Waals surface area contributed by atoms with E-state index >= 15 is 0 Å². The largest absolute Gasteiger partial charge is 0.481 e. The molecule has 1 amide bonds. The van der Waals surface area contributed by atoms with E-state index in [9.17, 15) is 9.18 Å². The van der Waals surface area contributed by atoms with Gasteiger partial charge in [0, 0.05) is 0 Å². The van der Waals surface area contributed by atoms with Gasteiger partial charge in [0.05, 0.1) is 0 Å². The fourth-order valence-corrected chi connectivity index (χ4v) is 1.55. The standard InChI is InChI=1S/C10H8FN3O2S/c11-7-3-1-2-4-8(7)16-5-9(15)13-10-14-12-6-17-10/h1-4,6H,5H2,(H,13,14,15). The normalized spacial score (nSPS) is 9.94. The first-order chi connectivity index (χ1) is 8.25. The van der Waals surface area contributed by atoms with Crippen molar-refractivity contribution in [2.75, 3.05) is 11.9 Å². The highest BCUT2D eigenvalue weighted by atomic mass is 32.1. The highest BCUT2D eigenvalue weighted by Gasteiger charge is 2.07. The quantitative estimate of drug-likeness (QED) is 0.900. The van der Waals surface area contributed by atoms with Gasteiger partial charge in [0.15, 0.2) is 18.2 Å². The maximum absolute atomic E-state index is 13.1. The molecule has 0 aliphatic heterocycles. The minimum atomic E-state index is -0.504. The summed E-state index contributed by atoms with van der Waals surface area (Å²) in [6.45, 7) is -0.277. The molecule has 0 atom stereocenters. The lowest BCUT2D eigenvalue weighted by molar-refractivity contribution is -0.118. The Labute approximate surface area is 100 Å². The lowest BCUT2D eigenvalue weighted by Gasteiger charge is -2.05. The Morgan fingerprint density at radius 3 is 3.00 bits per heavy atom. The zero-order valence-corrected chi connectivity index (χ0v) is 9.41. The molecule has 0 radical (unpaired) electrons. The molecule has 88 valence electrons. The molecule has 2 rings (SSSR count). The number of amides is 1. The SMILES string of the molecule is O=C(COc1ccccc1F)Nc1nncs1. The number of carbonyl (C=O) groups excluding carboxylic acids is 1. The summed E-state index contributed by atoms with van der Waals surface area (Å²) in [6.07, 6.45) is 0. The topological polar surface area (TPSA) is 64.1 Å². The van der Waals surface area contributed by atoms with Crippen LogP contribution in [0, 0.1) is 5.82 Å². The molecular weight excluding hydrogens is 245 g/mol. The Hall–Kier alpha value is -2.02. The van der Waals surface area contributed by atoms with E-state index in [1.54, 1.807) is 12.1 Å². The Morgan fingerprint density at radius 1 is 1.47 bits per heavy atom. The van der Waals surface area contributed by atoms with Crippen LogP contribution < -0.4 is 10.1 Å². The number of ether oxygens (including phenoxy) is 1. The van der Waals surface area contributed by atoms with Crippen LogP contribution in [0.5, 0.6) is 5.75 Å². The average Bonchev–Trinajstić information content (AvgIpc) is 2.81. The van der Waals surface area contributed by atoms with Crippen molar-refractivity contribution in [3.8, 4) is 5.75 Å². The zero-order chi connectivity index (χ0) is 12.1. The molecule has 5 nitrogen and oxygen atoms in total. The highest BCUT2D eigenvalue weighted by molar-refractivity contribution is 7.13. The molecule has 0 spiro atoms. The fraction of sp³-hybridized carbons (Fsp3) is 0.100. The molecule has 1 aromatic heterocycles. The Kier molecular flexibility index (Phi) is 3.61. The average molecular weight is 253 g/mol. The Morgan fingerprint density at radius 2 is 2.29 bits per heavy atom. The van der Waals surface area contributed by atoms with Gasteiger partial charge in [0.25, 0.3) is 5.91 Å². The zero-order valence-electron chi connectivity index (χ0n) is 8.59. The summed E-state index contributed by atoms with van der Waals surface area (Å²) in [4.78, 5) is 11.4. The van der Waals surface area contributed by atoms with E-state index in [2.05, 4.69) is 15.5 Å². The number of aromatic nitrogens is 2. The van der Waals surface area contributed by atoms with Gasteiger partial charge < -0.3 is 4.74 Å². The third-order valence-electron chi connectivity index (χ3n) is 1.80. The summed E-state index contributed by atoms with van der Waals surface area (Å²) >= 11 is 1.19. The van der Waals surface area contributed by atoms with Crippen molar-refractivity contribution in [3.05, 3.63) is 35.6 Å². The molecule has 0 unspecified atom stereocenters. The van der Waals surface area contributed by atoms with Gasteiger partial charge in [-0.05, 0) is 12.1 Å².